The SMILES string of the molecule is C=CC(=O)NCOCC(=O)O. The van der Waals surface area contributed by atoms with Crippen molar-refractivity contribution in [1.82, 2.24) is 5.32 Å². The number of aliphatic carboxylic acids is 1. The minimum absolute atomic E-state index is 0.114. The normalized spacial score (nSPS) is 8.73. The monoisotopic (exact) mass is 159 g/mol. The molecule has 0 fully saturated rings. The molecule has 0 rings (SSSR count). The maximum absolute atomic E-state index is 10.4. The summed E-state index contributed by atoms with van der Waals surface area (Å²) in [5.74, 6) is -1.46. The van der Waals surface area contributed by atoms with Crippen molar-refractivity contribution in [3.8, 4) is 0 Å². The summed E-state index contributed by atoms with van der Waals surface area (Å²) >= 11 is 0. The molecule has 0 aliphatic carbocycles. The van der Waals surface area contributed by atoms with Gasteiger partial charge in [-0.05, 0) is 6.08 Å². The second-order valence-electron chi connectivity index (χ2n) is 1.63. The van der Waals surface area contributed by atoms with E-state index in [2.05, 4.69) is 16.6 Å². The largest absolute Gasteiger partial charge is 0.480 e. The Balaban J connectivity index is 3.21. The summed E-state index contributed by atoms with van der Waals surface area (Å²) in [7, 11) is 0. The molecule has 62 valence electrons. The lowest BCUT2D eigenvalue weighted by Gasteiger charge is -2.00. The van der Waals surface area contributed by atoms with Crippen LogP contribution in [0.5, 0.6) is 0 Å². The van der Waals surface area contributed by atoms with Gasteiger partial charge in [0.2, 0.25) is 5.91 Å². The molecule has 0 aromatic rings. The van der Waals surface area contributed by atoms with Crippen molar-refractivity contribution in [2.45, 2.75) is 0 Å². The number of amides is 1. The topological polar surface area (TPSA) is 75.6 Å². The van der Waals surface area contributed by atoms with Gasteiger partial charge in [0.05, 0.1) is 0 Å². The van der Waals surface area contributed by atoms with Crippen LogP contribution >= 0.6 is 0 Å². The molecule has 0 aliphatic rings. The predicted octanol–water partition coefficient (Wildman–Crippen LogP) is -0.653. The maximum Gasteiger partial charge on any atom is 0.329 e. The Hall–Kier alpha value is -1.36. The van der Waals surface area contributed by atoms with E-state index in [0.717, 1.165) is 6.08 Å². The van der Waals surface area contributed by atoms with Gasteiger partial charge in [0.15, 0.2) is 0 Å². The van der Waals surface area contributed by atoms with Gasteiger partial charge in [0.1, 0.15) is 13.3 Å². The van der Waals surface area contributed by atoms with Crippen LogP contribution < -0.4 is 5.32 Å². The lowest BCUT2D eigenvalue weighted by molar-refractivity contribution is -0.143. The van der Waals surface area contributed by atoms with Crippen molar-refractivity contribution < 1.29 is 19.4 Å². The van der Waals surface area contributed by atoms with Crippen LogP contribution in [0.15, 0.2) is 12.7 Å². The van der Waals surface area contributed by atoms with Crippen LogP contribution in [-0.4, -0.2) is 30.3 Å². The molecule has 2 N–H and O–H groups in total. The van der Waals surface area contributed by atoms with Crippen LogP contribution in [0.3, 0.4) is 0 Å². The molecule has 0 bridgehead atoms. The van der Waals surface area contributed by atoms with Gasteiger partial charge in [-0.1, -0.05) is 6.58 Å². The number of rotatable bonds is 5. The standard InChI is InChI=1S/C6H9NO4/c1-2-5(8)7-4-11-3-6(9)10/h2H,1,3-4H2,(H,7,8)(H,9,10). The van der Waals surface area contributed by atoms with Crippen molar-refractivity contribution in [1.29, 1.82) is 0 Å². The van der Waals surface area contributed by atoms with Crippen LogP contribution in [0.1, 0.15) is 0 Å². The van der Waals surface area contributed by atoms with Crippen LogP contribution in [0.2, 0.25) is 0 Å². The number of hydrogen-bond donors (Lipinski definition) is 2. The summed E-state index contributed by atoms with van der Waals surface area (Å²) in [5.41, 5.74) is 0. The summed E-state index contributed by atoms with van der Waals surface area (Å²) in [6, 6.07) is 0. The zero-order valence-electron chi connectivity index (χ0n) is 5.87. The highest BCUT2D eigenvalue weighted by Gasteiger charge is 1.96. The molecule has 0 saturated heterocycles. The first kappa shape index (κ1) is 9.64. The van der Waals surface area contributed by atoms with E-state index in [1.54, 1.807) is 0 Å². The average molecular weight is 159 g/mol. The minimum atomic E-state index is -1.07. The maximum atomic E-state index is 10.4. The average Bonchev–Trinajstić information content (AvgIpc) is 1.97. The lowest BCUT2D eigenvalue weighted by Crippen LogP contribution is -2.25. The highest BCUT2D eigenvalue weighted by Crippen LogP contribution is 1.72. The second-order valence-corrected chi connectivity index (χ2v) is 1.63. The van der Waals surface area contributed by atoms with E-state index in [0.29, 0.717) is 0 Å². The second kappa shape index (κ2) is 5.43. The van der Waals surface area contributed by atoms with Gasteiger partial charge in [0, 0.05) is 0 Å². The van der Waals surface area contributed by atoms with Crippen molar-refractivity contribution >= 4 is 11.9 Å². The fraction of sp³-hybridized carbons (Fsp3) is 0.333. The van der Waals surface area contributed by atoms with Crippen LogP contribution in [0.4, 0.5) is 0 Å². The highest BCUT2D eigenvalue weighted by atomic mass is 16.5. The molecule has 0 aromatic heterocycles. The molecule has 0 aliphatic heterocycles. The Labute approximate surface area is 63.7 Å². The first-order valence-corrected chi connectivity index (χ1v) is 2.86. The van der Waals surface area contributed by atoms with Crippen molar-refractivity contribution in [3.05, 3.63) is 12.7 Å². The van der Waals surface area contributed by atoms with Crippen LogP contribution in [-0.2, 0) is 14.3 Å². The summed E-state index contributed by atoms with van der Waals surface area (Å²) in [5, 5.41) is 10.3. The molecule has 0 radical (unpaired) electrons. The van der Waals surface area contributed by atoms with Crippen LogP contribution in [0, 0.1) is 0 Å². The summed E-state index contributed by atoms with van der Waals surface area (Å²) in [6.07, 6.45) is 1.07. The Bertz CT molecular complexity index is 166. The van der Waals surface area contributed by atoms with Crippen molar-refractivity contribution in [3.63, 3.8) is 0 Å². The first-order chi connectivity index (χ1) is 5.16. The fourth-order valence-electron chi connectivity index (χ4n) is 0.333. The van der Waals surface area contributed by atoms with E-state index < -0.39 is 18.5 Å². The minimum Gasteiger partial charge on any atom is -0.480 e. The number of carboxylic acid groups (broad SMARTS) is 1. The number of nitrogens with one attached hydrogen (secondary N) is 1. The zero-order valence-corrected chi connectivity index (χ0v) is 5.87. The summed E-state index contributed by atoms with van der Waals surface area (Å²) < 4.78 is 4.49. The van der Waals surface area contributed by atoms with E-state index in [9.17, 15) is 9.59 Å². The molecule has 0 heterocycles. The molecule has 5 nitrogen and oxygen atoms in total. The molecule has 0 aromatic carbocycles. The molecular weight excluding hydrogens is 150 g/mol. The van der Waals surface area contributed by atoms with E-state index >= 15 is 0 Å². The van der Waals surface area contributed by atoms with Gasteiger partial charge >= 0.3 is 5.97 Å². The zero-order chi connectivity index (χ0) is 8.69. The Morgan fingerprint density at radius 1 is 1.64 bits per heavy atom. The number of ether oxygens (including phenoxy) is 1. The number of carbonyl (C=O) groups is 2. The Morgan fingerprint density at radius 2 is 2.27 bits per heavy atom. The number of carboxylic acids is 1. The van der Waals surface area contributed by atoms with Gasteiger partial charge in [-0.2, -0.15) is 0 Å². The molecule has 0 atom stereocenters. The molecule has 0 saturated carbocycles. The Morgan fingerprint density at radius 3 is 2.73 bits per heavy atom. The molecule has 0 spiro atoms. The van der Waals surface area contributed by atoms with Gasteiger partial charge in [-0.25, -0.2) is 4.79 Å². The van der Waals surface area contributed by atoms with E-state index in [4.69, 9.17) is 5.11 Å². The van der Waals surface area contributed by atoms with Gasteiger partial charge < -0.3 is 15.2 Å². The smallest absolute Gasteiger partial charge is 0.329 e. The summed E-state index contributed by atoms with van der Waals surface area (Å²) in [4.78, 5) is 20.3. The number of carbonyl (C=O) groups excluding carboxylic acids is 1. The first-order valence-electron chi connectivity index (χ1n) is 2.86. The van der Waals surface area contributed by atoms with Gasteiger partial charge in [-0.15, -0.1) is 0 Å². The molecular formula is C6H9NO4. The third-order valence-corrected chi connectivity index (χ3v) is 0.759. The Kier molecular flexibility index (Phi) is 4.76. The van der Waals surface area contributed by atoms with Gasteiger partial charge in [0.25, 0.3) is 0 Å². The van der Waals surface area contributed by atoms with Crippen LogP contribution in [0.25, 0.3) is 0 Å². The molecule has 5 heteroatoms. The van der Waals surface area contributed by atoms with Crippen molar-refractivity contribution in [2.75, 3.05) is 13.3 Å². The fourth-order valence-corrected chi connectivity index (χ4v) is 0.333. The molecule has 1 amide bonds. The summed E-state index contributed by atoms with van der Waals surface area (Å²) in [6.45, 7) is 2.66. The quantitative estimate of drug-likeness (QED) is 0.317. The van der Waals surface area contributed by atoms with E-state index in [-0.39, 0.29) is 6.73 Å². The lowest BCUT2D eigenvalue weighted by atomic mass is 10.6. The van der Waals surface area contributed by atoms with Gasteiger partial charge in [-0.3, -0.25) is 4.79 Å². The highest BCUT2D eigenvalue weighted by molar-refractivity contribution is 5.86. The predicted molar refractivity (Wildman–Crippen MR) is 36.8 cm³/mol. The third-order valence-electron chi connectivity index (χ3n) is 0.759. The third kappa shape index (κ3) is 6.53. The molecule has 0 unspecified atom stereocenters. The van der Waals surface area contributed by atoms with Crippen molar-refractivity contribution in [2.24, 2.45) is 0 Å². The molecule has 11 heavy (non-hydrogen) atoms. The number of hydrogen-bond acceptors (Lipinski definition) is 3. The van der Waals surface area contributed by atoms with E-state index in [1.807, 2.05) is 0 Å². The van der Waals surface area contributed by atoms with E-state index in [1.165, 1.54) is 0 Å².